The predicted octanol–water partition coefficient (Wildman–Crippen LogP) is 0.857. The molecule has 1 saturated heterocycles. The van der Waals surface area contributed by atoms with E-state index in [1.165, 1.54) is 18.2 Å². The molecule has 2 N–H and O–H groups in total. The molecule has 2 rings (SSSR count). The number of nitrogens with zero attached hydrogens (tertiary/aromatic N) is 2. The molecule has 0 aromatic heterocycles. The predicted molar refractivity (Wildman–Crippen MR) is 64.6 cm³/mol. The highest BCUT2D eigenvalue weighted by Gasteiger charge is 2.29. The van der Waals surface area contributed by atoms with Crippen molar-refractivity contribution in [2.45, 2.75) is 17.7 Å². The normalized spacial score (nSPS) is 17.3. The molecule has 1 aliphatic rings. The molecule has 1 aromatic carbocycles. The molecule has 1 aliphatic heterocycles. The number of anilines is 1. The average molecular weight is 267 g/mol. The Morgan fingerprint density at radius 2 is 2.17 bits per heavy atom. The van der Waals surface area contributed by atoms with Gasteiger partial charge in [-0.1, -0.05) is 4.47 Å². The molecule has 0 amide bonds. The zero-order valence-corrected chi connectivity index (χ0v) is 10.5. The summed E-state index contributed by atoms with van der Waals surface area (Å²) in [5.74, 6) is 0. The first-order chi connectivity index (χ1) is 8.55. The number of benzene rings is 1. The number of hydroxylamine groups is 1. The van der Waals surface area contributed by atoms with Gasteiger partial charge in [-0.25, -0.2) is 8.42 Å². The van der Waals surface area contributed by atoms with Crippen LogP contribution in [0.15, 0.2) is 23.1 Å². The van der Waals surface area contributed by atoms with Crippen molar-refractivity contribution in [3.05, 3.63) is 23.8 Å². The quantitative estimate of drug-likeness (QED) is 0.801. The molecule has 0 aliphatic carbocycles. The topological polar surface area (TPSA) is 96.4 Å². The van der Waals surface area contributed by atoms with Crippen molar-refractivity contribution >= 4 is 15.7 Å². The first-order valence-corrected chi connectivity index (χ1v) is 6.95. The van der Waals surface area contributed by atoms with Crippen molar-refractivity contribution < 1.29 is 13.3 Å². The molecule has 7 heteroatoms. The van der Waals surface area contributed by atoms with Gasteiger partial charge in [0.05, 0.1) is 23.9 Å². The Hall–Kier alpha value is -1.62. The molecular weight excluding hydrogens is 254 g/mol. The van der Waals surface area contributed by atoms with Crippen molar-refractivity contribution in [1.29, 1.82) is 5.26 Å². The molecule has 0 bridgehead atoms. The third-order valence-electron chi connectivity index (χ3n) is 2.66. The first kappa shape index (κ1) is 12.8. The number of sulfonamides is 1. The lowest BCUT2D eigenvalue weighted by Gasteiger charge is -2.25. The van der Waals surface area contributed by atoms with Crippen LogP contribution < -0.4 is 5.73 Å². The molecule has 1 fully saturated rings. The maximum atomic E-state index is 12.2. The largest absolute Gasteiger partial charge is 0.398 e. The van der Waals surface area contributed by atoms with Gasteiger partial charge in [-0.05, 0) is 31.0 Å². The number of rotatable bonds is 2. The van der Waals surface area contributed by atoms with Crippen LogP contribution >= 0.6 is 0 Å². The van der Waals surface area contributed by atoms with E-state index in [9.17, 15) is 8.42 Å². The summed E-state index contributed by atoms with van der Waals surface area (Å²) in [6.07, 6.45) is 1.60. The number of hydrogen-bond acceptors (Lipinski definition) is 5. The van der Waals surface area contributed by atoms with Gasteiger partial charge in [-0.3, -0.25) is 4.84 Å². The van der Waals surface area contributed by atoms with E-state index in [0.717, 1.165) is 17.3 Å². The Balaban J connectivity index is 2.38. The summed E-state index contributed by atoms with van der Waals surface area (Å²) in [6.45, 7) is 0.706. The molecule has 1 aromatic rings. The third kappa shape index (κ3) is 2.31. The minimum absolute atomic E-state index is 0.0246. The molecule has 6 nitrogen and oxygen atoms in total. The van der Waals surface area contributed by atoms with Gasteiger partial charge in [0.1, 0.15) is 4.90 Å². The highest BCUT2D eigenvalue weighted by atomic mass is 32.2. The van der Waals surface area contributed by atoms with Crippen molar-refractivity contribution in [3.63, 3.8) is 0 Å². The van der Waals surface area contributed by atoms with Crippen molar-refractivity contribution in [3.8, 4) is 6.07 Å². The van der Waals surface area contributed by atoms with Crippen molar-refractivity contribution in [1.82, 2.24) is 4.47 Å². The minimum atomic E-state index is -3.74. The van der Waals surface area contributed by atoms with Gasteiger partial charge in [0.25, 0.3) is 10.0 Å². The van der Waals surface area contributed by atoms with E-state index < -0.39 is 10.0 Å². The Kier molecular flexibility index (Phi) is 3.52. The standard InChI is InChI=1S/C11H13N3O3S/c12-8-9-3-4-11(10(13)7-9)18(15,16)14-5-1-2-6-17-14/h3-4,7H,1-2,5-6,13H2. The van der Waals surface area contributed by atoms with Gasteiger partial charge >= 0.3 is 0 Å². The Labute approximate surface area is 106 Å². The fourth-order valence-electron chi connectivity index (χ4n) is 1.73. The van der Waals surface area contributed by atoms with Crippen LogP contribution in [0.3, 0.4) is 0 Å². The van der Waals surface area contributed by atoms with E-state index >= 15 is 0 Å². The van der Waals surface area contributed by atoms with Gasteiger partial charge in [0, 0.05) is 6.54 Å². The number of nitrogens with two attached hydrogens (primary N) is 1. The molecule has 18 heavy (non-hydrogen) atoms. The Morgan fingerprint density at radius 3 is 2.72 bits per heavy atom. The average Bonchev–Trinajstić information content (AvgIpc) is 2.39. The monoisotopic (exact) mass is 267 g/mol. The molecule has 1 heterocycles. The van der Waals surface area contributed by atoms with Gasteiger partial charge in [0.15, 0.2) is 0 Å². The maximum Gasteiger partial charge on any atom is 0.267 e. The van der Waals surface area contributed by atoms with Crippen LogP contribution in [-0.2, 0) is 14.9 Å². The summed E-state index contributed by atoms with van der Waals surface area (Å²) < 4.78 is 25.5. The molecule has 0 radical (unpaired) electrons. The van der Waals surface area contributed by atoms with Gasteiger partial charge in [-0.2, -0.15) is 5.26 Å². The van der Waals surface area contributed by atoms with Gasteiger partial charge in [-0.15, -0.1) is 0 Å². The van der Waals surface area contributed by atoms with Crippen LogP contribution in [0.1, 0.15) is 18.4 Å². The zero-order chi connectivity index (χ0) is 13.2. The van der Waals surface area contributed by atoms with Crippen LogP contribution in [0.5, 0.6) is 0 Å². The number of nitriles is 1. The van der Waals surface area contributed by atoms with Crippen LogP contribution in [0.4, 0.5) is 5.69 Å². The maximum absolute atomic E-state index is 12.2. The van der Waals surface area contributed by atoms with Gasteiger partial charge < -0.3 is 5.73 Å². The Bertz CT molecular complexity index is 586. The number of nitrogen functional groups attached to an aromatic ring is 1. The molecule has 96 valence electrons. The molecular formula is C11H13N3O3S. The van der Waals surface area contributed by atoms with Gasteiger partial charge in [0.2, 0.25) is 0 Å². The highest BCUT2D eigenvalue weighted by Crippen LogP contribution is 2.25. The summed E-state index contributed by atoms with van der Waals surface area (Å²) in [6, 6.07) is 6.01. The molecule has 0 unspecified atom stereocenters. The second-order valence-electron chi connectivity index (χ2n) is 3.94. The second kappa shape index (κ2) is 4.94. The summed E-state index contributed by atoms with van der Waals surface area (Å²) in [7, 11) is -3.74. The third-order valence-corrected chi connectivity index (χ3v) is 4.41. The lowest BCUT2D eigenvalue weighted by Crippen LogP contribution is -2.36. The first-order valence-electron chi connectivity index (χ1n) is 5.51. The summed E-state index contributed by atoms with van der Waals surface area (Å²) in [4.78, 5) is 5.11. The van der Waals surface area contributed by atoms with Crippen LogP contribution in [0, 0.1) is 11.3 Å². The number of hydrogen-bond donors (Lipinski definition) is 1. The van der Waals surface area contributed by atoms with E-state index in [1.807, 2.05) is 6.07 Å². The Morgan fingerprint density at radius 1 is 1.39 bits per heavy atom. The van der Waals surface area contributed by atoms with Crippen molar-refractivity contribution in [2.75, 3.05) is 18.9 Å². The SMILES string of the molecule is N#Cc1ccc(S(=O)(=O)N2CCCCO2)c(N)c1. The van der Waals surface area contributed by atoms with E-state index in [4.69, 9.17) is 15.8 Å². The fraction of sp³-hybridized carbons (Fsp3) is 0.364. The smallest absolute Gasteiger partial charge is 0.267 e. The summed E-state index contributed by atoms with van der Waals surface area (Å²) in [5.41, 5.74) is 6.06. The van der Waals surface area contributed by atoms with Crippen LogP contribution in [0.2, 0.25) is 0 Å². The lowest BCUT2D eigenvalue weighted by molar-refractivity contribution is -0.108. The highest BCUT2D eigenvalue weighted by molar-refractivity contribution is 7.89. The van der Waals surface area contributed by atoms with E-state index in [2.05, 4.69) is 0 Å². The van der Waals surface area contributed by atoms with Crippen LogP contribution in [-0.4, -0.2) is 26.0 Å². The minimum Gasteiger partial charge on any atom is -0.398 e. The van der Waals surface area contributed by atoms with E-state index in [0.29, 0.717) is 18.7 Å². The molecule has 0 saturated carbocycles. The van der Waals surface area contributed by atoms with Crippen LogP contribution in [0.25, 0.3) is 0 Å². The summed E-state index contributed by atoms with van der Waals surface area (Å²) in [5, 5.41) is 8.71. The second-order valence-corrected chi connectivity index (χ2v) is 5.73. The molecule has 0 atom stereocenters. The van der Waals surface area contributed by atoms with E-state index in [-0.39, 0.29) is 10.6 Å². The van der Waals surface area contributed by atoms with E-state index in [1.54, 1.807) is 0 Å². The van der Waals surface area contributed by atoms with Crippen molar-refractivity contribution in [2.24, 2.45) is 0 Å². The molecule has 0 spiro atoms. The summed E-state index contributed by atoms with van der Waals surface area (Å²) >= 11 is 0. The fourth-order valence-corrected chi connectivity index (χ4v) is 3.13. The lowest BCUT2D eigenvalue weighted by atomic mass is 10.2. The zero-order valence-electron chi connectivity index (χ0n) is 9.67.